The minimum absolute atomic E-state index is 0.129. The second kappa shape index (κ2) is 55.9. The summed E-state index contributed by atoms with van der Waals surface area (Å²) in [4.78, 5) is 38.1. The van der Waals surface area contributed by atoms with Crippen molar-refractivity contribution in [3.05, 3.63) is 146 Å². The van der Waals surface area contributed by atoms with Crippen molar-refractivity contribution in [1.29, 1.82) is 0 Å². The van der Waals surface area contributed by atoms with Gasteiger partial charge in [-0.3, -0.25) is 14.4 Å². The SMILES string of the molecule is CC/C=C\C/C=C\C/C=C\C/C=C\C/C=C\CCCC(=O)OC[C@H](COC(=O)CCCCCCCCC/C=C\C/C=C\CCCCC)OC(=O)CCC/C=C\C/C=C\C/C=C\C/C=C\C/C=C\CC. The molecule has 6 nitrogen and oxygen atoms in total. The van der Waals surface area contributed by atoms with E-state index in [-0.39, 0.29) is 44.0 Å². The Kier molecular flexibility index (Phi) is 52.1. The summed E-state index contributed by atoms with van der Waals surface area (Å²) in [7, 11) is 0. The smallest absolute Gasteiger partial charge is 0.306 e. The molecule has 0 amide bonds. The summed E-state index contributed by atoms with van der Waals surface area (Å²) in [5.41, 5.74) is 0. The molecule has 0 radical (unpaired) electrons. The van der Waals surface area contributed by atoms with E-state index in [1.54, 1.807) is 0 Å². The Morgan fingerprint density at radius 1 is 0.304 bits per heavy atom. The van der Waals surface area contributed by atoms with Gasteiger partial charge in [-0.2, -0.15) is 0 Å². The van der Waals surface area contributed by atoms with Crippen LogP contribution in [-0.4, -0.2) is 37.2 Å². The van der Waals surface area contributed by atoms with Crippen LogP contribution in [-0.2, 0) is 28.6 Å². The number of ether oxygens (including phenoxy) is 3. The van der Waals surface area contributed by atoms with Crippen LogP contribution in [0.15, 0.2) is 146 Å². The molecule has 6 heteroatoms. The Hall–Kier alpha value is -4.71. The van der Waals surface area contributed by atoms with Crippen molar-refractivity contribution < 1.29 is 28.6 Å². The molecule has 0 saturated heterocycles. The minimum Gasteiger partial charge on any atom is -0.462 e. The highest BCUT2D eigenvalue weighted by Gasteiger charge is 2.19. The van der Waals surface area contributed by atoms with Crippen LogP contribution < -0.4 is 0 Å². The zero-order valence-electron chi connectivity index (χ0n) is 44.0. The standard InChI is InChI=1S/C63H98O6/c1-4-7-10-13-16-19-22-25-28-31-34-37-40-43-46-49-52-55-61(64)67-58-60(69-63(66)57-54-51-48-45-42-39-36-33-30-27-24-21-18-15-12-9-6-3)59-68-62(65)56-53-50-47-44-41-38-35-32-29-26-23-20-17-14-11-8-5-2/h7,9-10,12,16-21,25-30,34,36-37,39,43,45-46,48,60H,4-6,8,11,13-15,22-24,31-33,35,38,40-42,44,47,49-59H2,1-3H3/b10-7-,12-9-,19-16-,20-17-,21-18-,28-25-,29-26-,30-27-,37-34-,39-36-,46-43-,48-45-/t60-/m1/s1. The molecule has 0 unspecified atom stereocenters. The first-order chi connectivity index (χ1) is 34.0. The third kappa shape index (κ3) is 54.1. The maximum atomic E-state index is 12.8. The normalized spacial score (nSPS) is 13.3. The van der Waals surface area contributed by atoms with Gasteiger partial charge < -0.3 is 14.2 Å². The molecule has 0 aliphatic rings. The van der Waals surface area contributed by atoms with E-state index in [4.69, 9.17) is 14.2 Å². The van der Waals surface area contributed by atoms with Gasteiger partial charge in [0.15, 0.2) is 6.10 Å². The predicted molar refractivity (Wildman–Crippen MR) is 297 cm³/mol. The first-order valence-electron chi connectivity index (χ1n) is 27.3. The van der Waals surface area contributed by atoms with Crippen molar-refractivity contribution in [2.75, 3.05) is 13.2 Å². The fourth-order valence-corrected chi connectivity index (χ4v) is 6.78. The van der Waals surface area contributed by atoms with Crippen LogP contribution in [0, 0.1) is 0 Å². The second-order valence-electron chi connectivity index (χ2n) is 17.4. The summed E-state index contributed by atoms with van der Waals surface area (Å²) in [5.74, 6) is -1.06. The predicted octanol–water partition coefficient (Wildman–Crippen LogP) is 18.4. The molecule has 0 rings (SSSR count). The number of hydrogen-bond donors (Lipinski definition) is 0. The molecule has 1 atom stereocenters. The first-order valence-corrected chi connectivity index (χ1v) is 27.3. The quantitative estimate of drug-likeness (QED) is 0.0262. The largest absolute Gasteiger partial charge is 0.462 e. The van der Waals surface area contributed by atoms with Gasteiger partial charge >= 0.3 is 17.9 Å². The van der Waals surface area contributed by atoms with Crippen LogP contribution >= 0.6 is 0 Å². The fraction of sp³-hybridized carbons (Fsp3) is 0.571. The van der Waals surface area contributed by atoms with E-state index in [1.165, 1.54) is 51.4 Å². The number of rotatable bonds is 47. The van der Waals surface area contributed by atoms with E-state index < -0.39 is 6.10 Å². The van der Waals surface area contributed by atoms with Gasteiger partial charge in [0.1, 0.15) is 13.2 Å². The van der Waals surface area contributed by atoms with E-state index in [0.29, 0.717) is 19.3 Å². The highest BCUT2D eigenvalue weighted by molar-refractivity contribution is 5.71. The Morgan fingerprint density at radius 2 is 0.580 bits per heavy atom. The molecular formula is C63H98O6. The lowest BCUT2D eigenvalue weighted by atomic mass is 10.1. The van der Waals surface area contributed by atoms with Crippen molar-refractivity contribution in [2.24, 2.45) is 0 Å². The molecule has 0 aromatic rings. The Bertz CT molecular complexity index is 1560. The summed E-state index contributed by atoms with van der Waals surface area (Å²) in [5, 5.41) is 0. The van der Waals surface area contributed by atoms with E-state index in [0.717, 1.165) is 109 Å². The first kappa shape index (κ1) is 64.3. The lowest BCUT2D eigenvalue weighted by Crippen LogP contribution is -2.30. The van der Waals surface area contributed by atoms with E-state index >= 15 is 0 Å². The molecule has 0 spiro atoms. The summed E-state index contributed by atoms with van der Waals surface area (Å²) in [6.45, 7) is 6.26. The third-order valence-corrected chi connectivity index (χ3v) is 10.8. The molecule has 0 N–H and O–H groups in total. The van der Waals surface area contributed by atoms with Gasteiger partial charge in [0.05, 0.1) is 0 Å². The van der Waals surface area contributed by atoms with E-state index in [9.17, 15) is 14.4 Å². The lowest BCUT2D eigenvalue weighted by Gasteiger charge is -2.18. The van der Waals surface area contributed by atoms with Gasteiger partial charge in [-0.05, 0) is 128 Å². The van der Waals surface area contributed by atoms with Crippen LogP contribution in [0.4, 0.5) is 0 Å². The molecule has 0 aromatic heterocycles. The van der Waals surface area contributed by atoms with Gasteiger partial charge in [0, 0.05) is 19.3 Å². The average molecular weight is 951 g/mol. The fourth-order valence-electron chi connectivity index (χ4n) is 6.78. The zero-order chi connectivity index (χ0) is 50.0. The average Bonchev–Trinajstić information content (AvgIpc) is 3.35. The van der Waals surface area contributed by atoms with E-state index in [1.807, 2.05) is 0 Å². The number of esters is 3. The van der Waals surface area contributed by atoms with Crippen LogP contribution in [0.2, 0.25) is 0 Å². The molecule has 0 heterocycles. The Labute approximate surface area is 423 Å². The molecule has 0 aliphatic carbocycles. The summed E-state index contributed by atoms with van der Waals surface area (Å²) < 4.78 is 16.7. The third-order valence-electron chi connectivity index (χ3n) is 10.8. The van der Waals surface area contributed by atoms with Gasteiger partial charge in [-0.1, -0.05) is 212 Å². The van der Waals surface area contributed by atoms with Crippen LogP contribution in [0.3, 0.4) is 0 Å². The van der Waals surface area contributed by atoms with Gasteiger partial charge in [-0.25, -0.2) is 0 Å². The summed E-state index contributed by atoms with van der Waals surface area (Å²) in [6, 6.07) is 0. The molecule has 0 aliphatic heterocycles. The van der Waals surface area contributed by atoms with Crippen molar-refractivity contribution in [2.45, 2.75) is 219 Å². The van der Waals surface area contributed by atoms with Crippen LogP contribution in [0.25, 0.3) is 0 Å². The van der Waals surface area contributed by atoms with Gasteiger partial charge in [-0.15, -0.1) is 0 Å². The molecule has 0 aromatic carbocycles. The molecule has 0 bridgehead atoms. The van der Waals surface area contributed by atoms with Gasteiger partial charge in [0.2, 0.25) is 0 Å². The van der Waals surface area contributed by atoms with Gasteiger partial charge in [0.25, 0.3) is 0 Å². The number of unbranched alkanes of at least 4 members (excludes halogenated alkanes) is 12. The lowest BCUT2D eigenvalue weighted by molar-refractivity contribution is -0.167. The maximum Gasteiger partial charge on any atom is 0.306 e. The zero-order valence-corrected chi connectivity index (χ0v) is 44.0. The summed E-state index contributed by atoms with van der Waals surface area (Å²) in [6.07, 6.45) is 79.8. The monoisotopic (exact) mass is 951 g/mol. The number of hydrogen-bond acceptors (Lipinski definition) is 6. The molecular weight excluding hydrogens is 853 g/mol. The molecule has 386 valence electrons. The van der Waals surface area contributed by atoms with E-state index in [2.05, 4.69) is 167 Å². The molecule has 0 saturated carbocycles. The van der Waals surface area contributed by atoms with Crippen molar-refractivity contribution in [1.82, 2.24) is 0 Å². The summed E-state index contributed by atoms with van der Waals surface area (Å²) >= 11 is 0. The topological polar surface area (TPSA) is 78.9 Å². The Balaban J connectivity index is 4.61. The van der Waals surface area contributed by atoms with Crippen LogP contribution in [0.1, 0.15) is 213 Å². The van der Waals surface area contributed by atoms with Crippen molar-refractivity contribution in [3.8, 4) is 0 Å². The number of allylic oxidation sites excluding steroid dienone is 24. The molecule has 0 fully saturated rings. The Morgan fingerprint density at radius 3 is 0.942 bits per heavy atom. The maximum absolute atomic E-state index is 12.8. The second-order valence-corrected chi connectivity index (χ2v) is 17.4. The molecule has 69 heavy (non-hydrogen) atoms. The van der Waals surface area contributed by atoms with Crippen molar-refractivity contribution >= 4 is 17.9 Å². The van der Waals surface area contributed by atoms with Crippen LogP contribution in [0.5, 0.6) is 0 Å². The highest BCUT2D eigenvalue weighted by Crippen LogP contribution is 2.12. The minimum atomic E-state index is -0.841. The number of carbonyl (C=O) groups is 3. The number of carbonyl (C=O) groups excluding carboxylic acids is 3. The highest BCUT2D eigenvalue weighted by atomic mass is 16.6. The van der Waals surface area contributed by atoms with Crippen molar-refractivity contribution in [3.63, 3.8) is 0 Å².